The van der Waals surface area contributed by atoms with E-state index in [0.29, 0.717) is 56.4 Å². The number of hydrogen-bond acceptors (Lipinski definition) is 11. The van der Waals surface area contributed by atoms with Gasteiger partial charge in [0.1, 0.15) is 23.9 Å². The van der Waals surface area contributed by atoms with E-state index in [1.807, 2.05) is 41.5 Å². The van der Waals surface area contributed by atoms with E-state index in [1.165, 1.54) is 43.3 Å². The van der Waals surface area contributed by atoms with Gasteiger partial charge in [-0.05, 0) is 55.1 Å². The fourth-order valence-corrected chi connectivity index (χ4v) is 9.50. The number of carboxylic acids is 1. The lowest BCUT2D eigenvalue weighted by Crippen LogP contribution is -2.60. The van der Waals surface area contributed by atoms with Gasteiger partial charge in [0, 0.05) is 66.4 Å². The molecule has 1 aromatic rings. The molecule has 1 aromatic carbocycles. The van der Waals surface area contributed by atoms with Gasteiger partial charge in [-0.1, -0.05) is 79.5 Å². The summed E-state index contributed by atoms with van der Waals surface area (Å²) in [7, 11) is 7.68. The van der Waals surface area contributed by atoms with Gasteiger partial charge in [0.25, 0.3) is 11.8 Å². The highest BCUT2D eigenvalue weighted by molar-refractivity contribution is 6.12. The van der Waals surface area contributed by atoms with E-state index in [2.05, 4.69) is 10.6 Å². The number of carboxylic acid groups (broad SMARTS) is 1. The summed E-state index contributed by atoms with van der Waals surface area (Å²) < 4.78 is 17.3. The minimum Gasteiger partial charge on any atom is -0.496 e. The van der Waals surface area contributed by atoms with Crippen LogP contribution >= 0.6 is 0 Å². The number of nitrogens with zero attached hydrogens (tertiary/aromatic N) is 4. The van der Waals surface area contributed by atoms with E-state index < -0.39 is 66.1 Å². The maximum atomic E-state index is 14.6. The number of para-hydroxylation sites is 1. The van der Waals surface area contributed by atoms with Gasteiger partial charge in [0.05, 0.1) is 43.7 Å². The smallest absolute Gasteiger partial charge is 0.326 e. The van der Waals surface area contributed by atoms with Crippen molar-refractivity contribution in [3.05, 3.63) is 42.0 Å². The molecule has 380 valence electrons. The molecule has 1 saturated heterocycles. The van der Waals surface area contributed by atoms with Crippen LogP contribution in [0, 0.1) is 23.7 Å². The third-order valence-corrected chi connectivity index (χ3v) is 13.6. The number of carbonyl (C=O) groups excluding carboxylic acids is 7. The maximum Gasteiger partial charge on any atom is 0.326 e. The molecule has 2 heterocycles. The number of nitrogens with one attached hydrogen (secondary N) is 2. The highest BCUT2D eigenvalue weighted by Gasteiger charge is 2.44. The fourth-order valence-electron chi connectivity index (χ4n) is 9.50. The molecule has 4 unspecified atom stereocenters. The predicted octanol–water partition coefficient (Wildman–Crippen LogP) is 3.84. The zero-order valence-electron chi connectivity index (χ0n) is 42.3. The highest BCUT2D eigenvalue weighted by atomic mass is 16.5. The summed E-state index contributed by atoms with van der Waals surface area (Å²) in [5, 5.41) is 15.7. The summed E-state index contributed by atoms with van der Waals surface area (Å²) in [5.74, 6) is -4.90. The van der Waals surface area contributed by atoms with Gasteiger partial charge in [-0.15, -0.1) is 0 Å². The monoisotopic (exact) mass is 955 g/mol. The molecule has 68 heavy (non-hydrogen) atoms. The summed E-state index contributed by atoms with van der Waals surface area (Å²) in [6.45, 7) is 13.6. The van der Waals surface area contributed by atoms with Crippen LogP contribution in [0.3, 0.4) is 0 Å². The van der Waals surface area contributed by atoms with Crippen molar-refractivity contribution < 1.29 is 57.7 Å². The van der Waals surface area contributed by atoms with Gasteiger partial charge < -0.3 is 44.7 Å². The Morgan fingerprint density at radius 3 is 2.04 bits per heavy atom. The molecule has 0 saturated carbocycles. The lowest BCUT2D eigenvalue weighted by molar-refractivity contribution is -0.149. The first-order valence-corrected chi connectivity index (χ1v) is 24.0. The Hall–Kier alpha value is -5.36. The summed E-state index contributed by atoms with van der Waals surface area (Å²) in [5.41, 5.74) is 0.621. The van der Waals surface area contributed by atoms with Crippen LogP contribution < -0.4 is 15.4 Å². The Balaban J connectivity index is 1.72. The van der Waals surface area contributed by atoms with Crippen LogP contribution in [-0.2, 0) is 54.3 Å². The Morgan fingerprint density at radius 1 is 0.838 bits per heavy atom. The number of methoxy groups -OCH3 is 3. The Kier molecular flexibility index (Phi) is 22.6. The lowest BCUT2D eigenvalue weighted by Gasteiger charge is -2.41. The van der Waals surface area contributed by atoms with Crippen molar-refractivity contribution in [3.63, 3.8) is 0 Å². The topological polar surface area (TPSA) is 222 Å². The second-order valence-electron chi connectivity index (χ2n) is 18.9. The van der Waals surface area contributed by atoms with Gasteiger partial charge in [-0.25, -0.2) is 4.79 Å². The number of likely N-dealkylation sites (N-methyl/N-ethyl adjacent to an activating group) is 2. The summed E-state index contributed by atoms with van der Waals surface area (Å²) in [6.07, 6.45) is 4.50. The maximum absolute atomic E-state index is 14.6. The molecule has 2 aliphatic rings. The quantitative estimate of drug-likeness (QED) is 0.0806. The minimum absolute atomic E-state index is 0.00529. The number of imide groups is 1. The van der Waals surface area contributed by atoms with Crippen molar-refractivity contribution >= 4 is 47.3 Å². The van der Waals surface area contributed by atoms with Gasteiger partial charge in [-0.2, -0.15) is 0 Å². The molecule has 9 atom stereocenters. The van der Waals surface area contributed by atoms with E-state index in [-0.39, 0.29) is 73.1 Å². The van der Waals surface area contributed by atoms with Crippen molar-refractivity contribution in [1.29, 1.82) is 0 Å². The normalized spacial score (nSPS) is 18.4. The predicted molar refractivity (Wildman–Crippen MR) is 255 cm³/mol. The van der Waals surface area contributed by atoms with Crippen LogP contribution in [0.4, 0.5) is 0 Å². The van der Waals surface area contributed by atoms with E-state index in [4.69, 9.17) is 14.2 Å². The second-order valence-corrected chi connectivity index (χ2v) is 18.9. The number of unbranched alkanes of at least 4 members (excludes halogenated alkanes) is 2. The van der Waals surface area contributed by atoms with Crippen molar-refractivity contribution in [1.82, 2.24) is 30.2 Å². The minimum atomic E-state index is -1.24. The highest BCUT2D eigenvalue weighted by Crippen LogP contribution is 2.30. The molecule has 0 spiro atoms. The molecule has 0 bridgehead atoms. The molecular formula is C50H78N6O12. The molecule has 3 N–H and O–H groups in total. The van der Waals surface area contributed by atoms with Gasteiger partial charge in [0.2, 0.25) is 29.5 Å². The van der Waals surface area contributed by atoms with E-state index in [9.17, 15) is 43.5 Å². The summed E-state index contributed by atoms with van der Waals surface area (Å²) >= 11 is 0. The Morgan fingerprint density at radius 2 is 1.49 bits per heavy atom. The van der Waals surface area contributed by atoms with E-state index >= 15 is 0 Å². The SMILES string of the molecule is CC[C@H](C)C(C(CC(=O)N1CCC[C@H]1[C@H](OC)C(C)C(=O)N[C@@H](Cc1ccccc1OC)C(=O)O)OC)N(C)C(=O)[C@@H](NC(=O)C(C(C)C)N(C)C(=O)CCCCCN1C(=O)C=CC1=O)C(C)C. The first-order chi connectivity index (χ1) is 32.1. The second kappa shape index (κ2) is 27.0. The van der Waals surface area contributed by atoms with Gasteiger partial charge >= 0.3 is 5.97 Å². The van der Waals surface area contributed by atoms with E-state index in [0.717, 1.165) is 0 Å². The average Bonchev–Trinajstić information content (AvgIpc) is 3.92. The number of aliphatic carboxylic acids is 1. The molecule has 2 aliphatic heterocycles. The zero-order valence-corrected chi connectivity index (χ0v) is 42.3. The number of ether oxygens (including phenoxy) is 3. The number of benzene rings is 1. The largest absolute Gasteiger partial charge is 0.496 e. The van der Waals surface area contributed by atoms with Gasteiger partial charge in [-0.3, -0.25) is 38.5 Å². The molecule has 18 heteroatoms. The molecule has 0 radical (unpaired) electrons. The average molecular weight is 955 g/mol. The van der Waals surface area contributed by atoms with Gasteiger partial charge in [0.15, 0.2) is 0 Å². The number of hydrogen-bond donors (Lipinski definition) is 3. The standard InChI is InChI=1S/C50H78N6O12/c1-13-32(6)45(54(9)49(63)43(30(2)3)52-48(62)44(31(4)5)53(8)39(57)23-15-14-18-26-56-40(58)24-25-41(56)59)38(67-11)29-42(60)55-27-19-21-36(55)46(68-12)33(7)47(61)51-35(50(64)65)28-34-20-16-17-22-37(34)66-10/h16-17,20,22,24-25,30-33,35-36,38,43-46H,13-15,18-19,21,23,26-29H2,1-12H3,(H,51,61)(H,52,62)(H,64,65)/t32-,33?,35-,36-,38?,43-,44?,45?,46+/m0/s1. The van der Waals surface area contributed by atoms with Crippen LogP contribution in [0.5, 0.6) is 5.75 Å². The summed E-state index contributed by atoms with van der Waals surface area (Å²) in [6, 6.07) is 2.80. The van der Waals surface area contributed by atoms with Crippen molar-refractivity contribution in [2.75, 3.05) is 48.5 Å². The first-order valence-electron chi connectivity index (χ1n) is 24.0. The van der Waals surface area contributed by atoms with E-state index in [1.54, 1.807) is 55.1 Å². The number of carbonyl (C=O) groups is 8. The zero-order chi connectivity index (χ0) is 51.0. The number of rotatable bonds is 28. The molecule has 7 amide bonds. The van der Waals surface area contributed by atoms with Crippen molar-refractivity contribution in [2.24, 2.45) is 23.7 Å². The number of amides is 7. The van der Waals surface area contributed by atoms with Crippen LogP contribution in [0.1, 0.15) is 105 Å². The van der Waals surface area contributed by atoms with Crippen LogP contribution in [0.25, 0.3) is 0 Å². The first kappa shape index (κ1) is 57.0. The third-order valence-electron chi connectivity index (χ3n) is 13.6. The van der Waals surface area contributed by atoms with Crippen LogP contribution in [-0.4, -0.2) is 163 Å². The molecule has 0 aliphatic carbocycles. The molecule has 18 nitrogen and oxygen atoms in total. The third kappa shape index (κ3) is 14.8. The fraction of sp³-hybridized carbons (Fsp3) is 0.680. The van der Waals surface area contributed by atoms with Crippen molar-refractivity contribution in [3.8, 4) is 5.75 Å². The molecule has 3 rings (SSSR count). The van der Waals surface area contributed by atoms with Crippen molar-refractivity contribution in [2.45, 2.75) is 149 Å². The molecular weight excluding hydrogens is 877 g/mol. The van der Waals surface area contributed by atoms with Crippen LogP contribution in [0.15, 0.2) is 36.4 Å². The lowest BCUT2D eigenvalue weighted by atomic mass is 9.89. The molecule has 0 aromatic heterocycles. The van der Waals surface area contributed by atoms with Crippen LogP contribution in [0.2, 0.25) is 0 Å². The molecule has 1 fully saturated rings. The Labute approximate surface area is 402 Å². The Bertz CT molecular complexity index is 1920. The number of likely N-dealkylation sites (tertiary alicyclic amines) is 1. The summed E-state index contributed by atoms with van der Waals surface area (Å²) in [4.78, 5) is 112.